The highest BCUT2D eigenvalue weighted by molar-refractivity contribution is 6.19. The molecule has 1 aliphatic carbocycles. The third kappa shape index (κ3) is 4.72. The number of nitrogens with zero attached hydrogens (tertiary/aromatic N) is 1. The smallest absolute Gasteiger partial charge is 0.136 e. The molecule has 9 aromatic rings. The summed E-state index contributed by atoms with van der Waals surface area (Å²) in [4.78, 5) is 2.50. The Morgan fingerprint density at radius 1 is 0.420 bits per heavy atom. The quantitative estimate of drug-likeness (QED) is 0.174. The molecule has 0 spiro atoms. The molecule has 0 unspecified atom stereocenters. The van der Waals surface area contributed by atoms with E-state index in [1.165, 1.54) is 76.7 Å². The maximum absolute atomic E-state index is 6.23. The zero-order valence-corrected chi connectivity index (χ0v) is 27.5. The first kappa shape index (κ1) is 28.6. The van der Waals surface area contributed by atoms with Gasteiger partial charge in [-0.3, -0.25) is 0 Å². The maximum atomic E-state index is 6.23. The lowest BCUT2D eigenvalue weighted by Crippen LogP contribution is -2.18. The van der Waals surface area contributed by atoms with Gasteiger partial charge in [0.2, 0.25) is 0 Å². The second-order valence-electron chi connectivity index (χ2n) is 13.2. The van der Waals surface area contributed by atoms with Crippen molar-refractivity contribution in [1.82, 2.24) is 0 Å². The molecule has 0 saturated carbocycles. The van der Waals surface area contributed by atoms with Crippen LogP contribution in [0, 0.1) is 0 Å². The Morgan fingerprint density at radius 3 is 2.02 bits per heavy atom. The van der Waals surface area contributed by atoms with E-state index in [4.69, 9.17) is 4.42 Å². The molecule has 0 saturated heterocycles. The summed E-state index contributed by atoms with van der Waals surface area (Å²) in [5.41, 5.74) is 10.6. The van der Waals surface area contributed by atoms with Crippen LogP contribution in [-0.4, -0.2) is 0 Å². The summed E-state index contributed by atoms with van der Waals surface area (Å²) in [7, 11) is 0. The molecule has 2 nitrogen and oxygen atoms in total. The normalized spacial score (nSPS) is 13.3. The van der Waals surface area contributed by atoms with Crippen LogP contribution in [0.25, 0.3) is 71.0 Å². The van der Waals surface area contributed by atoms with E-state index in [1.807, 2.05) is 6.07 Å². The lowest BCUT2D eigenvalue weighted by molar-refractivity contribution is 0.669. The van der Waals surface area contributed by atoms with Gasteiger partial charge >= 0.3 is 0 Å². The van der Waals surface area contributed by atoms with Crippen LogP contribution < -0.4 is 4.90 Å². The van der Waals surface area contributed by atoms with Gasteiger partial charge in [-0.25, -0.2) is 0 Å². The summed E-state index contributed by atoms with van der Waals surface area (Å²) >= 11 is 0. The van der Waals surface area contributed by atoms with E-state index < -0.39 is 0 Å². The highest BCUT2D eigenvalue weighted by Crippen LogP contribution is 2.43. The van der Waals surface area contributed by atoms with E-state index >= 15 is 0 Å². The molecule has 0 bridgehead atoms. The third-order valence-corrected chi connectivity index (χ3v) is 10.3. The Kier molecular flexibility index (Phi) is 6.67. The number of allylic oxidation sites excluding steroid dienone is 4. The lowest BCUT2D eigenvalue weighted by atomic mass is 9.92. The van der Waals surface area contributed by atoms with Gasteiger partial charge in [-0.15, -0.1) is 0 Å². The van der Waals surface area contributed by atoms with E-state index in [1.54, 1.807) is 0 Å². The first-order chi connectivity index (χ1) is 24.8. The van der Waals surface area contributed by atoms with Gasteiger partial charge in [-0.2, -0.15) is 0 Å². The van der Waals surface area contributed by atoms with Crippen LogP contribution >= 0.6 is 0 Å². The predicted molar refractivity (Wildman–Crippen MR) is 212 cm³/mol. The van der Waals surface area contributed by atoms with Gasteiger partial charge in [0, 0.05) is 27.5 Å². The Balaban J connectivity index is 1.14. The molecule has 1 heterocycles. The SMILES string of the molecule is C1=C(c2ccc3ccc4oc5ccccc5c4c3c2)CCC(N(c2cccc(-c3ccccc3)c2)c2cc3ccccc3c3ccccc23)=C1. The fraction of sp³-hybridized carbons (Fsp3) is 0.0417. The predicted octanol–water partition coefficient (Wildman–Crippen LogP) is 13.6. The summed E-state index contributed by atoms with van der Waals surface area (Å²) < 4.78 is 6.23. The maximum Gasteiger partial charge on any atom is 0.136 e. The zero-order valence-electron chi connectivity index (χ0n) is 27.5. The van der Waals surface area contributed by atoms with Gasteiger partial charge in [0.25, 0.3) is 0 Å². The van der Waals surface area contributed by atoms with E-state index in [0.29, 0.717) is 0 Å². The van der Waals surface area contributed by atoms with Crippen molar-refractivity contribution < 1.29 is 4.42 Å². The number of fused-ring (bicyclic) bond motifs is 8. The highest BCUT2D eigenvalue weighted by Gasteiger charge is 2.22. The Hall–Kier alpha value is -6.38. The average molecular weight is 640 g/mol. The number of para-hydroxylation sites is 1. The summed E-state index contributed by atoms with van der Waals surface area (Å²) in [6, 6.07) is 59.1. The number of benzene rings is 8. The van der Waals surface area contributed by atoms with Gasteiger partial charge < -0.3 is 9.32 Å². The molecular formula is C48H33NO. The first-order valence-corrected chi connectivity index (χ1v) is 17.4. The molecule has 1 aliphatic rings. The highest BCUT2D eigenvalue weighted by atomic mass is 16.3. The van der Waals surface area contributed by atoms with Gasteiger partial charge in [0.15, 0.2) is 0 Å². The Morgan fingerprint density at radius 2 is 1.16 bits per heavy atom. The standard InChI is InChI=1S/C48H33NO/c1-2-11-32(12-3-1)35-14-10-15-39(29-35)49(45-31-37-13-4-5-16-40(37)41-17-6-7-18-42(41)45)38-26-23-33(24-27-38)36-22-21-34-25-28-47-48(44(34)30-36)43-19-8-9-20-46(43)50-47/h1-23,25-26,28-31H,24,27H2. The van der Waals surface area contributed by atoms with Gasteiger partial charge in [0.1, 0.15) is 11.2 Å². The molecule has 236 valence electrons. The van der Waals surface area contributed by atoms with E-state index in [0.717, 1.165) is 29.7 Å². The molecular weight excluding hydrogens is 607 g/mol. The molecule has 0 amide bonds. The second-order valence-corrected chi connectivity index (χ2v) is 13.2. The van der Waals surface area contributed by atoms with E-state index in [2.05, 4.69) is 175 Å². The largest absolute Gasteiger partial charge is 0.456 e. The van der Waals surface area contributed by atoms with Crippen LogP contribution in [0.15, 0.2) is 186 Å². The molecule has 0 fully saturated rings. The number of furan rings is 1. The van der Waals surface area contributed by atoms with E-state index in [-0.39, 0.29) is 0 Å². The fourth-order valence-electron chi connectivity index (χ4n) is 7.93. The van der Waals surface area contributed by atoms with Crippen molar-refractivity contribution in [2.75, 3.05) is 4.90 Å². The fourth-order valence-corrected chi connectivity index (χ4v) is 7.93. The van der Waals surface area contributed by atoms with Crippen molar-refractivity contribution >= 4 is 71.2 Å². The van der Waals surface area contributed by atoms with Crippen LogP contribution in [0.5, 0.6) is 0 Å². The Bertz CT molecular complexity index is 2820. The molecule has 8 aromatic carbocycles. The lowest BCUT2D eigenvalue weighted by Gasteiger charge is -2.31. The van der Waals surface area contributed by atoms with Crippen molar-refractivity contribution in [3.8, 4) is 11.1 Å². The first-order valence-electron chi connectivity index (χ1n) is 17.4. The van der Waals surface area contributed by atoms with Crippen LogP contribution in [-0.2, 0) is 0 Å². The van der Waals surface area contributed by atoms with E-state index in [9.17, 15) is 0 Å². The molecule has 0 aliphatic heterocycles. The molecule has 0 N–H and O–H groups in total. The molecule has 0 radical (unpaired) electrons. The minimum absolute atomic E-state index is 0.916. The van der Waals surface area contributed by atoms with Gasteiger partial charge in [-0.05, 0) is 105 Å². The number of hydrogen-bond donors (Lipinski definition) is 0. The number of anilines is 2. The molecule has 2 heteroatoms. The second kappa shape index (κ2) is 11.6. The number of rotatable bonds is 5. The third-order valence-electron chi connectivity index (χ3n) is 10.3. The Labute approximate surface area is 290 Å². The van der Waals surface area contributed by atoms with Gasteiger partial charge in [-0.1, -0.05) is 133 Å². The summed E-state index contributed by atoms with van der Waals surface area (Å²) in [5.74, 6) is 0. The van der Waals surface area contributed by atoms with Crippen molar-refractivity contribution in [2.45, 2.75) is 12.8 Å². The van der Waals surface area contributed by atoms with Gasteiger partial charge in [0.05, 0.1) is 5.69 Å². The van der Waals surface area contributed by atoms with Crippen LogP contribution in [0.1, 0.15) is 18.4 Å². The summed E-state index contributed by atoms with van der Waals surface area (Å²) in [6.45, 7) is 0. The topological polar surface area (TPSA) is 16.4 Å². The summed E-state index contributed by atoms with van der Waals surface area (Å²) in [5, 5.41) is 9.87. The van der Waals surface area contributed by atoms with Crippen molar-refractivity contribution in [3.05, 3.63) is 187 Å². The summed E-state index contributed by atoms with van der Waals surface area (Å²) in [6.07, 6.45) is 6.54. The number of hydrogen-bond acceptors (Lipinski definition) is 2. The monoisotopic (exact) mass is 639 g/mol. The zero-order chi connectivity index (χ0) is 33.0. The molecule has 10 rings (SSSR count). The van der Waals surface area contributed by atoms with Crippen LogP contribution in [0.4, 0.5) is 11.4 Å². The van der Waals surface area contributed by atoms with Crippen molar-refractivity contribution in [2.24, 2.45) is 0 Å². The molecule has 0 atom stereocenters. The van der Waals surface area contributed by atoms with Crippen molar-refractivity contribution in [1.29, 1.82) is 0 Å². The van der Waals surface area contributed by atoms with Crippen LogP contribution in [0.3, 0.4) is 0 Å². The molecule has 1 aromatic heterocycles. The van der Waals surface area contributed by atoms with Crippen molar-refractivity contribution in [3.63, 3.8) is 0 Å². The minimum atomic E-state index is 0.916. The minimum Gasteiger partial charge on any atom is -0.456 e. The molecule has 50 heavy (non-hydrogen) atoms. The van der Waals surface area contributed by atoms with Crippen LogP contribution in [0.2, 0.25) is 0 Å². The average Bonchev–Trinajstić information content (AvgIpc) is 3.58.